The molecule has 1 aromatic heterocycles. The summed E-state index contributed by atoms with van der Waals surface area (Å²) in [5.41, 5.74) is 2.04. The molecule has 0 saturated carbocycles. The molecule has 0 N–H and O–H groups in total. The van der Waals surface area contributed by atoms with Crippen LogP contribution in [0.2, 0.25) is 0 Å². The van der Waals surface area contributed by atoms with E-state index >= 15 is 0 Å². The van der Waals surface area contributed by atoms with E-state index < -0.39 is 0 Å². The van der Waals surface area contributed by atoms with Crippen molar-refractivity contribution in [3.05, 3.63) is 17.6 Å². The lowest BCUT2D eigenvalue weighted by molar-refractivity contribution is -0.142. The summed E-state index contributed by atoms with van der Waals surface area (Å²) in [7, 11) is 0. The number of cyclic esters (lactones) is 1. The molecule has 0 amide bonds. The van der Waals surface area contributed by atoms with Crippen molar-refractivity contribution in [2.24, 2.45) is 0 Å². The molecule has 0 radical (unpaired) electrons. The summed E-state index contributed by atoms with van der Waals surface area (Å²) in [5.74, 6) is 0.529. The van der Waals surface area contributed by atoms with Crippen molar-refractivity contribution in [3.8, 4) is 5.88 Å². The fourth-order valence-corrected chi connectivity index (χ4v) is 2.68. The monoisotopic (exact) mass is 263 g/mol. The number of carbonyl (C=O) groups is 1. The zero-order chi connectivity index (χ0) is 13.2. The highest BCUT2D eigenvalue weighted by molar-refractivity contribution is 5.77. The fraction of sp³-hybridized carbons (Fsp3) is 0.615. The number of carbonyl (C=O) groups excluding carboxylic acids is 1. The molecular weight excluding hydrogens is 246 g/mol. The molecule has 1 atom stereocenters. The molecule has 3 heterocycles. The normalized spacial score (nSPS) is 23.0. The van der Waals surface area contributed by atoms with E-state index in [9.17, 15) is 4.79 Å². The van der Waals surface area contributed by atoms with Crippen LogP contribution < -0.4 is 4.74 Å². The van der Waals surface area contributed by atoms with Gasteiger partial charge in [0.25, 0.3) is 0 Å². The average Bonchev–Trinajstić information content (AvgIpc) is 2.85. The van der Waals surface area contributed by atoms with Crippen LogP contribution in [-0.4, -0.2) is 46.6 Å². The molecule has 1 unspecified atom stereocenters. The topological polar surface area (TPSA) is 64.6 Å². The predicted octanol–water partition coefficient (Wildman–Crippen LogP) is 0.549. The molecule has 0 aromatic carbocycles. The highest BCUT2D eigenvalue weighted by Crippen LogP contribution is 2.27. The third-order valence-electron chi connectivity index (χ3n) is 3.62. The molecule has 3 rings (SSSR count). The largest absolute Gasteiger partial charge is 0.478 e. The van der Waals surface area contributed by atoms with Crippen molar-refractivity contribution < 1.29 is 14.3 Å². The summed E-state index contributed by atoms with van der Waals surface area (Å²) in [6.45, 7) is 4.52. The lowest BCUT2D eigenvalue weighted by atomic mass is 10.0. The molecule has 102 valence electrons. The van der Waals surface area contributed by atoms with E-state index in [1.165, 1.54) is 0 Å². The first-order valence-electron chi connectivity index (χ1n) is 6.66. The van der Waals surface area contributed by atoms with Gasteiger partial charge in [-0.15, -0.1) is 0 Å². The van der Waals surface area contributed by atoms with Gasteiger partial charge in [-0.1, -0.05) is 0 Å². The molecule has 1 fully saturated rings. The minimum atomic E-state index is -0.122. The number of fused-ring (bicyclic) bond motifs is 1. The Labute approximate surface area is 111 Å². The Morgan fingerprint density at radius 1 is 1.53 bits per heavy atom. The minimum absolute atomic E-state index is 0.113. The van der Waals surface area contributed by atoms with E-state index in [2.05, 4.69) is 14.9 Å². The molecular formula is C13H17N3O3. The second-order valence-corrected chi connectivity index (χ2v) is 4.73. The molecule has 6 nitrogen and oxygen atoms in total. The number of ether oxygens (including phenoxy) is 2. The van der Waals surface area contributed by atoms with Crippen LogP contribution in [0, 0.1) is 0 Å². The van der Waals surface area contributed by atoms with Crippen LogP contribution in [0.3, 0.4) is 0 Å². The van der Waals surface area contributed by atoms with Crippen LogP contribution in [0.4, 0.5) is 0 Å². The van der Waals surface area contributed by atoms with Gasteiger partial charge in [-0.3, -0.25) is 9.69 Å². The van der Waals surface area contributed by atoms with Crippen molar-refractivity contribution in [1.29, 1.82) is 0 Å². The lowest BCUT2D eigenvalue weighted by Gasteiger charge is -2.31. The SMILES string of the molecule is CCOc1ncnc2c1CN(C1CCOC1=O)CC2. The van der Waals surface area contributed by atoms with Crippen molar-refractivity contribution in [2.45, 2.75) is 32.4 Å². The van der Waals surface area contributed by atoms with Gasteiger partial charge in [0, 0.05) is 31.5 Å². The van der Waals surface area contributed by atoms with Gasteiger partial charge in [0.2, 0.25) is 5.88 Å². The van der Waals surface area contributed by atoms with Gasteiger partial charge in [0.1, 0.15) is 12.4 Å². The van der Waals surface area contributed by atoms with Crippen molar-refractivity contribution in [1.82, 2.24) is 14.9 Å². The van der Waals surface area contributed by atoms with Crippen LogP contribution in [-0.2, 0) is 22.5 Å². The predicted molar refractivity (Wildman–Crippen MR) is 66.7 cm³/mol. The van der Waals surface area contributed by atoms with E-state index in [4.69, 9.17) is 9.47 Å². The van der Waals surface area contributed by atoms with Gasteiger partial charge in [-0.05, 0) is 6.92 Å². The first kappa shape index (κ1) is 12.3. The standard InChI is InChI=1S/C13H17N3O3/c1-2-18-12-9-7-16(11-4-6-19-13(11)17)5-3-10(9)14-8-15-12/h8,11H,2-7H2,1H3. The number of nitrogens with zero attached hydrogens (tertiary/aromatic N) is 3. The zero-order valence-electron chi connectivity index (χ0n) is 11.0. The summed E-state index contributed by atoms with van der Waals surface area (Å²) in [6.07, 6.45) is 3.14. The maximum Gasteiger partial charge on any atom is 0.323 e. The van der Waals surface area contributed by atoms with E-state index in [1.54, 1.807) is 6.33 Å². The Morgan fingerprint density at radius 3 is 3.16 bits per heavy atom. The maximum atomic E-state index is 11.7. The summed E-state index contributed by atoms with van der Waals surface area (Å²) < 4.78 is 10.6. The van der Waals surface area contributed by atoms with Crippen molar-refractivity contribution in [3.63, 3.8) is 0 Å². The number of esters is 1. The molecule has 1 aromatic rings. The molecule has 19 heavy (non-hydrogen) atoms. The highest BCUT2D eigenvalue weighted by atomic mass is 16.5. The first-order valence-corrected chi connectivity index (χ1v) is 6.66. The van der Waals surface area contributed by atoms with Crippen LogP contribution >= 0.6 is 0 Å². The first-order chi connectivity index (χ1) is 9.29. The third kappa shape index (κ3) is 2.28. The summed E-state index contributed by atoms with van der Waals surface area (Å²) in [4.78, 5) is 22.3. The van der Waals surface area contributed by atoms with Crippen molar-refractivity contribution >= 4 is 5.97 Å². The quantitative estimate of drug-likeness (QED) is 0.742. The van der Waals surface area contributed by atoms with Crippen LogP contribution in [0.15, 0.2) is 6.33 Å². The van der Waals surface area contributed by atoms with E-state index in [0.717, 1.165) is 30.6 Å². The molecule has 0 spiro atoms. The Kier molecular flexibility index (Phi) is 3.33. The van der Waals surface area contributed by atoms with E-state index in [0.29, 0.717) is 25.6 Å². The smallest absolute Gasteiger partial charge is 0.323 e. The molecule has 2 aliphatic rings. The van der Waals surface area contributed by atoms with Gasteiger partial charge >= 0.3 is 5.97 Å². The molecule has 1 saturated heterocycles. The Morgan fingerprint density at radius 2 is 2.42 bits per heavy atom. The number of aromatic nitrogens is 2. The van der Waals surface area contributed by atoms with Crippen LogP contribution in [0.5, 0.6) is 5.88 Å². The van der Waals surface area contributed by atoms with Gasteiger partial charge in [-0.25, -0.2) is 9.97 Å². The highest BCUT2D eigenvalue weighted by Gasteiger charge is 2.35. The summed E-state index contributed by atoms with van der Waals surface area (Å²) >= 11 is 0. The second kappa shape index (κ2) is 5.13. The summed E-state index contributed by atoms with van der Waals surface area (Å²) in [6, 6.07) is -0.122. The molecule has 2 aliphatic heterocycles. The second-order valence-electron chi connectivity index (χ2n) is 4.73. The Hall–Kier alpha value is -1.69. The van der Waals surface area contributed by atoms with Gasteiger partial charge < -0.3 is 9.47 Å². The van der Waals surface area contributed by atoms with Crippen LogP contribution in [0.25, 0.3) is 0 Å². The third-order valence-corrected chi connectivity index (χ3v) is 3.62. The molecule has 0 bridgehead atoms. The number of rotatable bonds is 3. The number of hydrogen-bond acceptors (Lipinski definition) is 6. The van der Waals surface area contributed by atoms with Gasteiger partial charge in [0.15, 0.2) is 0 Å². The average molecular weight is 263 g/mol. The maximum absolute atomic E-state index is 11.7. The fourth-order valence-electron chi connectivity index (χ4n) is 2.68. The molecule has 0 aliphatic carbocycles. The van der Waals surface area contributed by atoms with E-state index in [1.807, 2.05) is 6.92 Å². The number of hydrogen-bond donors (Lipinski definition) is 0. The van der Waals surface area contributed by atoms with Crippen LogP contribution in [0.1, 0.15) is 24.6 Å². The zero-order valence-corrected chi connectivity index (χ0v) is 11.0. The Bertz CT molecular complexity index is 492. The van der Waals surface area contributed by atoms with E-state index in [-0.39, 0.29) is 12.0 Å². The van der Waals surface area contributed by atoms with Gasteiger partial charge in [-0.2, -0.15) is 0 Å². The van der Waals surface area contributed by atoms with Crippen molar-refractivity contribution in [2.75, 3.05) is 19.8 Å². The van der Waals surface area contributed by atoms with Gasteiger partial charge in [0.05, 0.1) is 18.9 Å². The summed E-state index contributed by atoms with van der Waals surface area (Å²) in [5, 5.41) is 0. The lowest BCUT2D eigenvalue weighted by Crippen LogP contribution is -2.42. The Balaban J connectivity index is 1.83. The molecule has 6 heteroatoms. The minimum Gasteiger partial charge on any atom is -0.478 e.